The fourth-order valence-electron chi connectivity index (χ4n) is 4.12. The zero-order valence-corrected chi connectivity index (χ0v) is 22.7. The summed E-state index contributed by atoms with van der Waals surface area (Å²) in [6.07, 6.45) is 1.42. The molecule has 0 saturated heterocycles. The molecule has 1 unspecified atom stereocenters. The third kappa shape index (κ3) is 7.23. The summed E-state index contributed by atoms with van der Waals surface area (Å²) in [4.78, 5) is 28.6. The Morgan fingerprint density at radius 1 is 0.974 bits per heavy atom. The molecule has 0 saturated carbocycles. The highest BCUT2D eigenvalue weighted by Gasteiger charge is 2.23. The molecule has 0 aliphatic carbocycles. The molecule has 4 aromatic rings. The first-order chi connectivity index (χ1) is 18.7. The van der Waals surface area contributed by atoms with E-state index < -0.39 is 6.04 Å². The molecule has 2 N–H and O–H groups in total. The number of benzene rings is 3. The van der Waals surface area contributed by atoms with Crippen molar-refractivity contribution in [2.75, 3.05) is 33.8 Å². The van der Waals surface area contributed by atoms with Crippen LogP contribution < -0.4 is 15.4 Å². The molecule has 3 aromatic carbocycles. The highest BCUT2D eigenvalue weighted by molar-refractivity contribution is 6.06. The van der Waals surface area contributed by atoms with Crippen LogP contribution in [0.5, 0.6) is 5.75 Å². The summed E-state index contributed by atoms with van der Waals surface area (Å²) in [6, 6.07) is 17.7. The second kappa shape index (κ2) is 12.6. The Morgan fingerprint density at radius 2 is 1.72 bits per heavy atom. The van der Waals surface area contributed by atoms with Gasteiger partial charge in [0.25, 0.3) is 11.8 Å². The van der Waals surface area contributed by atoms with Gasteiger partial charge in [-0.15, -0.1) is 0 Å². The van der Waals surface area contributed by atoms with E-state index in [1.807, 2.05) is 51.0 Å². The SMILES string of the molecule is CC(C)CNC(=O)c1cc(OCCN(C)C)cc(C(NC(=O)c2coc3ccccc23)c2ccc(F)cc2)c1. The molecule has 1 heterocycles. The number of hydrogen-bond donors (Lipinski definition) is 2. The van der Waals surface area contributed by atoms with Gasteiger partial charge in [-0.2, -0.15) is 0 Å². The number of hydrogen-bond acceptors (Lipinski definition) is 5. The molecule has 0 radical (unpaired) electrons. The monoisotopic (exact) mass is 531 g/mol. The van der Waals surface area contributed by atoms with Crippen molar-refractivity contribution in [1.29, 1.82) is 0 Å². The maximum Gasteiger partial charge on any atom is 0.255 e. The lowest BCUT2D eigenvalue weighted by atomic mass is 9.95. The van der Waals surface area contributed by atoms with Gasteiger partial charge in [-0.1, -0.05) is 44.2 Å². The van der Waals surface area contributed by atoms with Crippen molar-refractivity contribution in [1.82, 2.24) is 15.5 Å². The third-order valence-electron chi connectivity index (χ3n) is 6.21. The number of para-hydroxylation sites is 1. The van der Waals surface area contributed by atoms with Gasteiger partial charge in [0, 0.05) is 24.0 Å². The number of ether oxygens (including phenoxy) is 1. The van der Waals surface area contributed by atoms with Crippen LogP contribution in [0, 0.1) is 11.7 Å². The molecule has 0 spiro atoms. The average Bonchev–Trinajstić information content (AvgIpc) is 3.35. The van der Waals surface area contributed by atoms with Crippen molar-refractivity contribution in [2.24, 2.45) is 5.92 Å². The normalized spacial score (nSPS) is 12.1. The molecule has 0 aliphatic rings. The van der Waals surface area contributed by atoms with E-state index >= 15 is 0 Å². The fourth-order valence-corrected chi connectivity index (χ4v) is 4.12. The minimum absolute atomic E-state index is 0.243. The number of furan rings is 1. The molecule has 7 nitrogen and oxygen atoms in total. The predicted molar refractivity (Wildman–Crippen MR) is 150 cm³/mol. The average molecular weight is 532 g/mol. The van der Waals surface area contributed by atoms with Gasteiger partial charge in [0.2, 0.25) is 0 Å². The zero-order valence-electron chi connectivity index (χ0n) is 22.7. The fraction of sp³-hybridized carbons (Fsp3) is 0.290. The molecule has 1 atom stereocenters. The first-order valence-electron chi connectivity index (χ1n) is 12.9. The van der Waals surface area contributed by atoms with Gasteiger partial charge in [-0.25, -0.2) is 4.39 Å². The number of fused-ring (bicyclic) bond motifs is 1. The largest absolute Gasteiger partial charge is 0.492 e. The van der Waals surface area contributed by atoms with E-state index in [0.29, 0.717) is 58.7 Å². The number of nitrogens with zero attached hydrogens (tertiary/aromatic N) is 1. The lowest BCUT2D eigenvalue weighted by Gasteiger charge is -2.22. The van der Waals surface area contributed by atoms with Crippen molar-refractivity contribution in [3.8, 4) is 5.75 Å². The summed E-state index contributed by atoms with van der Waals surface area (Å²) >= 11 is 0. The first-order valence-corrected chi connectivity index (χ1v) is 12.9. The Labute approximate surface area is 227 Å². The molecule has 1 aromatic heterocycles. The Bertz CT molecular complexity index is 1430. The van der Waals surface area contributed by atoms with Crippen LogP contribution in [0.15, 0.2) is 77.4 Å². The smallest absolute Gasteiger partial charge is 0.255 e. The summed E-state index contributed by atoms with van der Waals surface area (Å²) in [5.74, 6) is -0.214. The molecular weight excluding hydrogens is 497 g/mol. The van der Waals surface area contributed by atoms with Crippen LogP contribution in [0.3, 0.4) is 0 Å². The number of halogens is 1. The number of rotatable bonds is 11. The Kier molecular flexibility index (Phi) is 8.99. The first kappa shape index (κ1) is 27.9. The number of amides is 2. The maximum absolute atomic E-state index is 13.8. The highest BCUT2D eigenvalue weighted by Crippen LogP contribution is 2.29. The summed E-state index contributed by atoms with van der Waals surface area (Å²) in [6.45, 7) is 5.66. The van der Waals surface area contributed by atoms with Gasteiger partial charge in [0.1, 0.15) is 30.0 Å². The van der Waals surface area contributed by atoms with E-state index in [-0.39, 0.29) is 23.5 Å². The second-order valence-electron chi connectivity index (χ2n) is 10.1. The standard InChI is InChI=1S/C31H34FN3O4/c1-20(2)18-33-30(36)23-15-22(16-25(17-23)38-14-13-35(3)4)29(21-9-11-24(32)12-10-21)34-31(37)27-19-39-28-8-6-5-7-26(27)28/h5-12,15-17,19-20,29H,13-14,18H2,1-4H3,(H,33,36)(H,34,37). The van der Waals surface area contributed by atoms with Crippen LogP contribution in [-0.4, -0.2) is 50.5 Å². The molecule has 0 aliphatic heterocycles. The van der Waals surface area contributed by atoms with Gasteiger partial charge in [-0.05, 0) is 67.5 Å². The van der Waals surface area contributed by atoms with Gasteiger partial charge < -0.3 is 24.7 Å². The topological polar surface area (TPSA) is 83.8 Å². The van der Waals surface area contributed by atoms with Gasteiger partial charge in [0.05, 0.1) is 11.6 Å². The van der Waals surface area contributed by atoms with E-state index in [1.54, 1.807) is 36.4 Å². The van der Waals surface area contributed by atoms with E-state index in [0.717, 1.165) is 0 Å². The van der Waals surface area contributed by atoms with E-state index in [1.165, 1.54) is 18.4 Å². The maximum atomic E-state index is 13.8. The van der Waals surface area contributed by atoms with Crippen molar-refractivity contribution >= 4 is 22.8 Å². The Balaban J connectivity index is 1.74. The van der Waals surface area contributed by atoms with Gasteiger partial charge >= 0.3 is 0 Å². The molecule has 39 heavy (non-hydrogen) atoms. The lowest BCUT2D eigenvalue weighted by Crippen LogP contribution is -2.30. The molecule has 0 fully saturated rings. The van der Waals surface area contributed by atoms with Gasteiger partial charge in [0.15, 0.2) is 0 Å². The molecule has 4 rings (SSSR count). The van der Waals surface area contributed by atoms with Crippen LogP contribution in [0.2, 0.25) is 0 Å². The van der Waals surface area contributed by atoms with E-state index in [2.05, 4.69) is 10.6 Å². The Morgan fingerprint density at radius 3 is 2.44 bits per heavy atom. The van der Waals surface area contributed by atoms with E-state index in [9.17, 15) is 14.0 Å². The van der Waals surface area contributed by atoms with Crippen LogP contribution in [0.1, 0.15) is 51.7 Å². The minimum Gasteiger partial charge on any atom is -0.492 e. The summed E-state index contributed by atoms with van der Waals surface area (Å²) in [7, 11) is 3.90. The second-order valence-corrected chi connectivity index (χ2v) is 10.1. The Hall–Kier alpha value is -4.17. The third-order valence-corrected chi connectivity index (χ3v) is 6.21. The molecule has 2 amide bonds. The van der Waals surface area contributed by atoms with Crippen LogP contribution in [-0.2, 0) is 0 Å². The van der Waals surface area contributed by atoms with Gasteiger partial charge in [-0.3, -0.25) is 9.59 Å². The van der Waals surface area contributed by atoms with Crippen LogP contribution >= 0.6 is 0 Å². The summed E-state index contributed by atoms with van der Waals surface area (Å²) in [5.41, 5.74) is 2.66. The van der Waals surface area contributed by atoms with E-state index in [4.69, 9.17) is 9.15 Å². The minimum atomic E-state index is -0.694. The highest BCUT2D eigenvalue weighted by atomic mass is 19.1. The zero-order chi connectivity index (χ0) is 27.9. The number of likely N-dealkylation sites (N-methyl/N-ethyl adjacent to an activating group) is 1. The van der Waals surface area contributed by atoms with Crippen LogP contribution in [0.4, 0.5) is 4.39 Å². The quantitative estimate of drug-likeness (QED) is 0.270. The predicted octanol–water partition coefficient (Wildman–Crippen LogP) is 5.42. The molecular formula is C31H34FN3O4. The summed E-state index contributed by atoms with van der Waals surface area (Å²) in [5, 5.41) is 6.69. The lowest BCUT2D eigenvalue weighted by molar-refractivity contribution is 0.0940. The molecule has 0 bridgehead atoms. The van der Waals surface area contributed by atoms with Crippen molar-refractivity contribution in [3.63, 3.8) is 0 Å². The van der Waals surface area contributed by atoms with Crippen molar-refractivity contribution in [2.45, 2.75) is 19.9 Å². The summed E-state index contributed by atoms with van der Waals surface area (Å²) < 4.78 is 25.4. The van der Waals surface area contributed by atoms with Crippen molar-refractivity contribution in [3.05, 3.63) is 101 Å². The number of nitrogens with one attached hydrogen (secondary N) is 2. The van der Waals surface area contributed by atoms with Crippen molar-refractivity contribution < 1.29 is 23.1 Å². The molecule has 204 valence electrons. The number of carbonyl (C=O) groups is 2. The molecule has 8 heteroatoms. The van der Waals surface area contributed by atoms with Crippen LogP contribution in [0.25, 0.3) is 11.0 Å². The number of carbonyl (C=O) groups excluding carboxylic acids is 2.